The van der Waals surface area contributed by atoms with Crippen molar-refractivity contribution in [2.75, 3.05) is 6.54 Å². The summed E-state index contributed by atoms with van der Waals surface area (Å²) in [6.07, 6.45) is 12.6. The third kappa shape index (κ3) is 2.44. The van der Waals surface area contributed by atoms with Crippen LogP contribution in [0.5, 0.6) is 0 Å². The van der Waals surface area contributed by atoms with E-state index in [1.165, 1.54) is 50.5 Å². The van der Waals surface area contributed by atoms with Gasteiger partial charge in [-0.2, -0.15) is 0 Å². The van der Waals surface area contributed by atoms with Gasteiger partial charge in [0.05, 0.1) is 0 Å². The van der Waals surface area contributed by atoms with E-state index in [1.54, 1.807) is 0 Å². The molecule has 0 bridgehead atoms. The molecule has 2 fully saturated rings. The van der Waals surface area contributed by atoms with Gasteiger partial charge in [-0.3, -0.25) is 0 Å². The van der Waals surface area contributed by atoms with Gasteiger partial charge in [-0.15, -0.1) is 0 Å². The minimum Gasteiger partial charge on any atom is -0.310 e. The lowest BCUT2D eigenvalue weighted by Crippen LogP contribution is -2.54. The fraction of sp³-hybridized carbons (Fsp3) is 0.857. The maximum atomic E-state index is 3.73. The zero-order valence-corrected chi connectivity index (χ0v) is 10.3. The van der Waals surface area contributed by atoms with E-state index in [0.29, 0.717) is 5.41 Å². The van der Waals surface area contributed by atoms with Crippen LogP contribution in [0.1, 0.15) is 58.8 Å². The van der Waals surface area contributed by atoms with Crippen LogP contribution >= 0.6 is 0 Å². The Hall–Kier alpha value is -0.300. The standard InChI is InChI=1S/C14H25N/c1-12(2)7-11-15-13-6-10-14(13)8-4-3-5-9-14/h7,13,15H,3-6,8-11H2,1-2H3. The van der Waals surface area contributed by atoms with Crippen molar-refractivity contribution in [1.82, 2.24) is 5.32 Å². The Balaban J connectivity index is 1.80. The van der Waals surface area contributed by atoms with Gasteiger partial charge in [-0.05, 0) is 44.9 Å². The monoisotopic (exact) mass is 207 g/mol. The molecule has 0 aromatic carbocycles. The van der Waals surface area contributed by atoms with E-state index in [0.717, 1.165) is 12.6 Å². The number of allylic oxidation sites excluding steroid dienone is 1. The Labute approximate surface area is 94.3 Å². The van der Waals surface area contributed by atoms with Crippen molar-refractivity contribution in [3.63, 3.8) is 0 Å². The summed E-state index contributed by atoms with van der Waals surface area (Å²) in [5.74, 6) is 0. The van der Waals surface area contributed by atoms with E-state index in [9.17, 15) is 0 Å². The summed E-state index contributed by atoms with van der Waals surface area (Å²) in [7, 11) is 0. The summed E-state index contributed by atoms with van der Waals surface area (Å²) in [4.78, 5) is 0. The van der Waals surface area contributed by atoms with Gasteiger partial charge >= 0.3 is 0 Å². The molecule has 1 spiro atoms. The SMILES string of the molecule is CC(C)=CCNC1CCC12CCCCC2. The Morgan fingerprint density at radius 3 is 2.47 bits per heavy atom. The van der Waals surface area contributed by atoms with Crippen LogP contribution in [0.3, 0.4) is 0 Å². The van der Waals surface area contributed by atoms with E-state index in [4.69, 9.17) is 0 Å². The molecule has 86 valence electrons. The number of nitrogens with one attached hydrogen (secondary N) is 1. The van der Waals surface area contributed by atoms with Gasteiger partial charge in [0.1, 0.15) is 0 Å². The van der Waals surface area contributed by atoms with Crippen molar-refractivity contribution in [2.24, 2.45) is 5.41 Å². The van der Waals surface area contributed by atoms with E-state index >= 15 is 0 Å². The van der Waals surface area contributed by atoms with Crippen LogP contribution in [0.2, 0.25) is 0 Å². The first-order chi connectivity index (χ1) is 7.23. The van der Waals surface area contributed by atoms with Crippen molar-refractivity contribution in [2.45, 2.75) is 64.8 Å². The highest BCUT2D eigenvalue weighted by atomic mass is 15.0. The second kappa shape index (κ2) is 4.69. The average molecular weight is 207 g/mol. The molecular weight excluding hydrogens is 182 g/mol. The Morgan fingerprint density at radius 1 is 1.20 bits per heavy atom. The molecule has 0 radical (unpaired) electrons. The molecule has 0 heterocycles. The summed E-state index contributed by atoms with van der Waals surface area (Å²) in [6.45, 7) is 5.44. The predicted octanol–water partition coefficient (Wildman–Crippen LogP) is 3.66. The zero-order valence-electron chi connectivity index (χ0n) is 10.3. The van der Waals surface area contributed by atoms with Gasteiger partial charge < -0.3 is 5.32 Å². The minimum atomic E-state index is 0.716. The van der Waals surface area contributed by atoms with Gasteiger partial charge in [0.2, 0.25) is 0 Å². The molecule has 0 aliphatic heterocycles. The van der Waals surface area contributed by atoms with E-state index in [1.807, 2.05) is 0 Å². The molecular formula is C14H25N. The Morgan fingerprint density at radius 2 is 1.93 bits per heavy atom. The van der Waals surface area contributed by atoms with Crippen LogP contribution in [0.15, 0.2) is 11.6 Å². The summed E-state index contributed by atoms with van der Waals surface area (Å²) in [6, 6.07) is 0.827. The normalized spacial score (nSPS) is 28.5. The van der Waals surface area contributed by atoms with Gasteiger partial charge in [0.15, 0.2) is 0 Å². The first kappa shape index (κ1) is 11.2. The van der Waals surface area contributed by atoms with Crippen LogP contribution < -0.4 is 5.32 Å². The summed E-state index contributed by atoms with van der Waals surface area (Å²) in [5.41, 5.74) is 2.15. The molecule has 0 amide bonds. The molecule has 2 aliphatic carbocycles. The van der Waals surface area contributed by atoms with Gasteiger partial charge in [-0.25, -0.2) is 0 Å². The second-order valence-corrected chi connectivity index (χ2v) is 5.70. The quantitative estimate of drug-likeness (QED) is 0.696. The van der Waals surface area contributed by atoms with Crippen LogP contribution in [-0.4, -0.2) is 12.6 Å². The number of hydrogen-bond acceptors (Lipinski definition) is 1. The molecule has 1 heteroatoms. The second-order valence-electron chi connectivity index (χ2n) is 5.70. The third-order valence-corrected chi connectivity index (χ3v) is 4.39. The first-order valence-electron chi connectivity index (χ1n) is 6.60. The molecule has 2 saturated carbocycles. The molecule has 0 aromatic rings. The number of hydrogen-bond donors (Lipinski definition) is 1. The molecule has 2 rings (SSSR count). The number of rotatable bonds is 3. The highest BCUT2D eigenvalue weighted by Crippen LogP contribution is 2.51. The summed E-state index contributed by atoms with van der Waals surface area (Å²) >= 11 is 0. The maximum Gasteiger partial charge on any atom is 0.0140 e. The highest BCUT2D eigenvalue weighted by molar-refractivity contribution is 5.03. The van der Waals surface area contributed by atoms with Gasteiger partial charge in [0, 0.05) is 12.6 Å². The molecule has 15 heavy (non-hydrogen) atoms. The fourth-order valence-electron chi connectivity index (χ4n) is 3.28. The van der Waals surface area contributed by atoms with Gasteiger partial charge in [0.25, 0.3) is 0 Å². The lowest BCUT2D eigenvalue weighted by atomic mass is 9.57. The highest BCUT2D eigenvalue weighted by Gasteiger charge is 2.46. The van der Waals surface area contributed by atoms with Crippen LogP contribution in [0.25, 0.3) is 0 Å². The molecule has 0 aromatic heterocycles. The molecule has 1 atom stereocenters. The lowest BCUT2D eigenvalue weighted by molar-refractivity contribution is 0.0252. The summed E-state index contributed by atoms with van der Waals surface area (Å²) in [5, 5.41) is 3.73. The molecule has 1 unspecified atom stereocenters. The Kier molecular flexibility index (Phi) is 3.50. The van der Waals surface area contributed by atoms with E-state index in [2.05, 4.69) is 25.2 Å². The van der Waals surface area contributed by atoms with Gasteiger partial charge in [-0.1, -0.05) is 30.9 Å². The van der Waals surface area contributed by atoms with E-state index in [-0.39, 0.29) is 0 Å². The molecule has 1 nitrogen and oxygen atoms in total. The zero-order chi connectivity index (χ0) is 10.7. The van der Waals surface area contributed by atoms with Crippen molar-refractivity contribution in [3.05, 3.63) is 11.6 Å². The Bertz CT molecular complexity index is 232. The predicted molar refractivity (Wildman–Crippen MR) is 66.0 cm³/mol. The molecule has 0 saturated heterocycles. The van der Waals surface area contributed by atoms with Crippen molar-refractivity contribution >= 4 is 0 Å². The molecule has 2 aliphatic rings. The largest absolute Gasteiger partial charge is 0.310 e. The van der Waals surface area contributed by atoms with Crippen LogP contribution in [0.4, 0.5) is 0 Å². The molecule has 1 N–H and O–H groups in total. The van der Waals surface area contributed by atoms with Crippen LogP contribution in [-0.2, 0) is 0 Å². The van der Waals surface area contributed by atoms with E-state index < -0.39 is 0 Å². The minimum absolute atomic E-state index is 0.716. The van der Waals surface area contributed by atoms with Crippen molar-refractivity contribution < 1.29 is 0 Å². The smallest absolute Gasteiger partial charge is 0.0140 e. The van der Waals surface area contributed by atoms with Crippen LogP contribution in [0, 0.1) is 5.41 Å². The average Bonchev–Trinajstić information content (AvgIpc) is 2.24. The lowest BCUT2D eigenvalue weighted by Gasteiger charge is -2.52. The van der Waals surface area contributed by atoms with Crippen molar-refractivity contribution in [3.8, 4) is 0 Å². The first-order valence-corrected chi connectivity index (χ1v) is 6.60. The maximum absolute atomic E-state index is 3.73. The van der Waals surface area contributed by atoms with Crippen molar-refractivity contribution in [1.29, 1.82) is 0 Å². The summed E-state index contributed by atoms with van der Waals surface area (Å²) < 4.78 is 0. The third-order valence-electron chi connectivity index (χ3n) is 4.39. The fourth-order valence-corrected chi connectivity index (χ4v) is 3.28. The topological polar surface area (TPSA) is 12.0 Å².